The zero-order chi connectivity index (χ0) is 13.7. The number of anilines is 1. The summed E-state index contributed by atoms with van der Waals surface area (Å²) in [5.41, 5.74) is 7.10. The highest BCUT2D eigenvalue weighted by Gasteiger charge is 2.17. The maximum Gasteiger partial charge on any atom is 0.244 e. The Bertz CT molecular complexity index is 444. The van der Waals surface area contributed by atoms with Crippen molar-refractivity contribution in [2.24, 2.45) is 0 Å². The van der Waals surface area contributed by atoms with Crippen LogP contribution in [0.25, 0.3) is 0 Å². The summed E-state index contributed by atoms with van der Waals surface area (Å²) in [6.45, 7) is 1.66. The molecule has 0 aliphatic carbocycles. The SMILES string of the molecule is CC(NC(=O)Cc1ccccc1N)C(=O)N(C)C. The van der Waals surface area contributed by atoms with Crippen LogP contribution in [0.1, 0.15) is 12.5 Å². The Hall–Kier alpha value is -2.04. The second-order valence-electron chi connectivity index (χ2n) is 4.40. The Morgan fingerprint density at radius 3 is 2.50 bits per heavy atom. The fourth-order valence-electron chi connectivity index (χ4n) is 1.61. The van der Waals surface area contributed by atoms with Crippen LogP contribution in [0.2, 0.25) is 0 Å². The van der Waals surface area contributed by atoms with E-state index >= 15 is 0 Å². The summed E-state index contributed by atoms with van der Waals surface area (Å²) in [5, 5.41) is 2.65. The van der Waals surface area contributed by atoms with Crippen molar-refractivity contribution >= 4 is 17.5 Å². The molecule has 0 fully saturated rings. The van der Waals surface area contributed by atoms with Gasteiger partial charge in [0.05, 0.1) is 6.42 Å². The van der Waals surface area contributed by atoms with Crippen molar-refractivity contribution in [3.8, 4) is 0 Å². The van der Waals surface area contributed by atoms with Crippen molar-refractivity contribution in [1.82, 2.24) is 10.2 Å². The summed E-state index contributed by atoms with van der Waals surface area (Å²) in [5.74, 6) is -0.347. The molecule has 0 spiro atoms. The molecular formula is C13H19N3O2. The molecule has 1 atom stereocenters. The zero-order valence-corrected chi connectivity index (χ0v) is 10.9. The molecule has 18 heavy (non-hydrogen) atoms. The molecule has 1 aromatic rings. The summed E-state index contributed by atoms with van der Waals surface area (Å²) in [6, 6.07) is 6.66. The summed E-state index contributed by atoms with van der Waals surface area (Å²) in [6.07, 6.45) is 0.178. The molecule has 1 unspecified atom stereocenters. The topological polar surface area (TPSA) is 75.4 Å². The molecule has 5 nitrogen and oxygen atoms in total. The maximum absolute atomic E-state index is 11.8. The number of carbonyl (C=O) groups is 2. The van der Waals surface area contributed by atoms with Gasteiger partial charge < -0.3 is 16.0 Å². The minimum absolute atomic E-state index is 0.135. The summed E-state index contributed by atoms with van der Waals surface area (Å²) in [4.78, 5) is 24.8. The normalized spacial score (nSPS) is 11.7. The highest BCUT2D eigenvalue weighted by molar-refractivity contribution is 5.88. The van der Waals surface area contributed by atoms with Crippen molar-refractivity contribution in [3.63, 3.8) is 0 Å². The molecule has 1 aromatic carbocycles. The molecule has 1 rings (SSSR count). The number of rotatable bonds is 4. The van der Waals surface area contributed by atoms with Gasteiger partial charge >= 0.3 is 0 Å². The van der Waals surface area contributed by atoms with Gasteiger partial charge in [0, 0.05) is 19.8 Å². The van der Waals surface area contributed by atoms with E-state index in [-0.39, 0.29) is 18.2 Å². The monoisotopic (exact) mass is 249 g/mol. The van der Waals surface area contributed by atoms with Gasteiger partial charge in [0.25, 0.3) is 0 Å². The fourth-order valence-corrected chi connectivity index (χ4v) is 1.61. The van der Waals surface area contributed by atoms with E-state index in [1.165, 1.54) is 4.90 Å². The average molecular weight is 249 g/mol. The van der Waals surface area contributed by atoms with Crippen LogP contribution in [0.5, 0.6) is 0 Å². The fraction of sp³-hybridized carbons (Fsp3) is 0.385. The van der Waals surface area contributed by atoms with Gasteiger partial charge in [0.2, 0.25) is 11.8 Å². The lowest BCUT2D eigenvalue weighted by Gasteiger charge is -2.18. The molecule has 0 aromatic heterocycles. The second kappa shape index (κ2) is 6.05. The summed E-state index contributed by atoms with van der Waals surface area (Å²) < 4.78 is 0. The van der Waals surface area contributed by atoms with E-state index in [2.05, 4.69) is 5.32 Å². The van der Waals surface area contributed by atoms with E-state index in [9.17, 15) is 9.59 Å². The highest BCUT2D eigenvalue weighted by atomic mass is 16.2. The van der Waals surface area contributed by atoms with E-state index in [1.807, 2.05) is 12.1 Å². The first-order valence-corrected chi connectivity index (χ1v) is 5.75. The van der Waals surface area contributed by atoms with Crippen LogP contribution in [-0.4, -0.2) is 36.9 Å². The molecule has 0 bridgehead atoms. The summed E-state index contributed by atoms with van der Waals surface area (Å²) in [7, 11) is 3.31. The van der Waals surface area contributed by atoms with E-state index in [0.29, 0.717) is 5.69 Å². The molecule has 98 valence electrons. The Labute approximate surface area is 107 Å². The van der Waals surface area contributed by atoms with Gasteiger partial charge in [-0.05, 0) is 18.6 Å². The van der Waals surface area contributed by atoms with Crippen molar-refractivity contribution in [2.75, 3.05) is 19.8 Å². The van der Waals surface area contributed by atoms with Crippen LogP contribution in [0.4, 0.5) is 5.69 Å². The Balaban J connectivity index is 2.58. The van der Waals surface area contributed by atoms with Crippen molar-refractivity contribution in [2.45, 2.75) is 19.4 Å². The lowest BCUT2D eigenvalue weighted by molar-refractivity contribution is -0.133. The molecule has 0 saturated heterocycles. The quantitative estimate of drug-likeness (QED) is 0.759. The second-order valence-corrected chi connectivity index (χ2v) is 4.40. The standard InChI is InChI=1S/C13H19N3O2/c1-9(13(18)16(2)3)15-12(17)8-10-6-4-5-7-11(10)14/h4-7,9H,8,14H2,1-3H3,(H,15,17). The molecule has 0 aliphatic rings. The lowest BCUT2D eigenvalue weighted by Crippen LogP contribution is -2.44. The van der Waals surface area contributed by atoms with Gasteiger partial charge in [-0.3, -0.25) is 9.59 Å². The van der Waals surface area contributed by atoms with E-state index in [1.54, 1.807) is 33.2 Å². The van der Waals surface area contributed by atoms with Gasteiger partial charge in [0.1, 0.15) is 6.04 Å². The first-order valence-electron chi connectivity index (χ1n) is 5.75. The van der Waals surface area contributed by atoms with Crippen LogP contribution in [0, 0.1) is 0 Å². The smallest absolute Gasteiger partial charge is 0.244 e. The Kier molecular flexibility index (Phi) is 4.71. The lowest BCUT2D eigenvalue weighted by atomic mass is 10.1. The van der Waals surface area contributed by atoms with Crippen LogP contribution in [0.3, 0.4) is 0 Å². The zero-order valence-electron chi connectivity index (χ0n) is 10.9. The number of carbonyl (C=O) groups excluding carboxylic acids is 2. The first-order chi connectivity index (χ1) is 8.41. The minimum atomic E-state index is -0.530. The van der Waals surface area contributed by atoms with Gasteiger partial charge in [-0.15, -0.1) is 0 Å². The molecule has 0 heterocycles. The molecule has 5 heteroatoms. The Morgan fingerprint density at radius 1 is 1.33 bits per heavy atom. The molecular weight excluding hydrogens is 230 g/mol. The van der Waals surface area contributed by atoms with Crippen LogP contribution < -0.4 is 11.1 Å². The van der Waals surface area contributed by atoms with E-state index in [0.717, 1.165) is 5.56 Å². The van der Waals surface area contributed by atoms with Gasteiger partial charge in [-0.25, -0.2) is 0 Å². The molecule has 2 amide bonds. The number of nitrogen functional groups attached to an aromatic ring is 1. The third kappa shape index (κ3) is 3.76. The number of hydrogen-bond acceptors (Lipinski definition) is 3. The van der Waals surface area contributed by atoms with Crippen molar-refractivity contribution in [1.29, 1.82) is 0 Å². The first kappa shape index (κ1) is 14.0. The number of amides is 2. The number of hydrogen-bond donors (Lipinski definition) is 2. The predicted octanol–water partition coefficient (Wildman–Crippen LogP) is 0.404. The van der Waals surface area contributed by atoms with E-state index < -0.39 is 6.04 Å². The van der Waals surface area contributed by atoms with Gasteiger partial charge in [-0.2, -0.15) is 0 Å². The van der Waals surface area contributed by atoms with Crippen molar-refractivity contribution < 1.29 is 9.59 Å². The summed E-state index contributed by atoms with van der Waals surface area (Å²) >= 11 is 0. The molecule has 0 radical (unpaired) electrons. The minimum Gasteiger partial charge on any atom is -0.398 e. The molecule has 0 aliphatic heterocycles. The average Bonchev–Trinajstić information content (AvgIpc) is 2.30. The molecule has 0 saturated carbocycles. The van der Waals surface area contributed by atoms with Crippen LogP contribution in [-0.2, 0) is 16.0 Å². The highest BCUT2D eigenvalue weighted by Crippen LogP contribution is 2.10. The third-order valence-corrected chi connectivity index (χ3v) is 2.59. The van der Waals surface area contributed by atoms with Gasteiger partial charge in [0.15, 0.2) is 0 Å². The van der Waals surface area contributed by atoms with Crippen LogP contribution in [0.15, 0.2) is 24.3 Å². The van der Waals surface area contributed by atoms with Gasteiger partial charge in [-0.1, -0.05) is 18.2 Å². The number of nitrogens with one attached hydrogen (secondary N) is 1. The Morgan fingerprint density at radius 2 is 1.94 bits per heavy atom. The number of likely N-dealkylation sites (N-methyl/N-ethyl adjacent to an activating group) is 1. The van der Waals surface area contributed by atoms with Crippen molar-refractivity contribution in [3.05, 3.63) is 29.8 Å². The number of nitrogens with zero attached hydrogens (tertiary/aromatic N) is 1. The predicted molar refractivity (Wildman–Crippen MR) is 70.9 cm³/mol. The number of nitrogens with two attached hydrogens (primary N) is 1. The van der Waals surface area contributed by atoms with E-state index in [4.69, 9.17) is 5.73 Å². The number of para-hydroxylation sites is 1. The third-order valence-electron chi connectivity index (χ3n) is 2.59. The number of benzene rings is 1. The largest absolute Gasteiger partial charge is 0.398 e. The maximum atomic E-state index is 11.8. The van der Waals surface area contributed by atoms with Crippen LogP contribution >= 0.6 is 0 Å². The molecule has 3 N–H and O–H groups in total.